The second-order valence-electron chi connectivity index (χ2n) is 5.79. The van der Waals surface area contributed by atoms with Crippen LogP contribution in [0.5, 0.6) is 11.5 Å². The minimum Gasteiger partial charge on any atom is -0.497 e. The van der Waals surface area contributed by atoms with Gasteiger partial charge >= 0.3 is 0 Å². The van der Waals surface area contributed by atoms with E-state index in [-0.39, 0.29) is 12.1 Å². The van der Waals surface area contributed by atoms with Crippen LogP contribution >= 0.6 is 11.6 Å². The second kappa shape index (κ2) is 7.57. The summed E-state index contributed by atoms with van der Waals surface area (Å²) >= 11 is 5.90. The molecular formula is C17H21ClN4O2. The SMILES string of the molecule is COc1ccc(CNc2cc(Cl)nc(N)n2)c(OC2CCCC2)c1. The number of halogens is 1. The largest absolute Gasteiger partial charge is 0.497 e. The molecule has 1 fully saturated rings. The van der Waals surface area contributed by atoms with Crippen LogP contribution in [0.25, 0.3) is 0 Å². The highest BCUT2D eigenvalue weighted by Gasteiger charge is 2.18. The van der Waals surface area contributed by atoms with E-state index in [0.29, 0.717) is 17.5 Å². The van der Waals surface area contributed by atoms with Crippen molar-refractivity contribution in [1.29, 1.82) is 0 Å². The van der Waals surface area contributed by atoms with Crippen molar-refractivity contribution in [2.75, 3.05) is 18.2 Å². The van der Waals surface area contributed by atoms with Gasteiger partial charge in [-0.3, -0.25) is 0 Å². The van der Waals surface area contributed by atoms with Crippen LogP contribution in [0.4, 0.5) is 11.8 Å². The first kappa shape index (κ1) is 16.6. The van der Waals surface area contributed by atoms with E-state index in [4.69, 9.17) is 26.8 Å². The van der Waals surface area contributed by atoms with Gasteiger partial charge in [-0.15, -0.1) is 0 Å². The lowest BCUT2D eigenvalue weighted by molar-refractivity contribution is 0.207. The molecule has 1 heterocycles. The predicted molar refractivity (Wildman–Crippen MR) is 94.7 cm³/mol. The topological polar surface area (TPSA) is 82.3 Å². The van der Waals surface area contributed by atoms with E-state index in [1.165, 1.54) is 12.8 Å². The first-order valence-electron chi connectivity index (χ1n) is 8.01. The first-order valence-corrected chi connectivity index (χ1v) is 8.39. The van der Waals surface area contributed by atoms with Crippen LogP contribution in [-0.4, -0.2) is 23.2 Å². The van der Waals surface area contributed by atoms with Crippen molar-refractivity contribution >= 4 is 23.4 Å². The summed E-state index contributed by atoms with van der Waals surface area (Å²) in [5.41, 5.74) is 6.64. The van der Waals surface area contributed by atoms with E-state index in [2.05, 4.69) is 15.3 Å². The Morgan fingerprint density at radius 2 is 2.04 bits per heavy atom. The number of methoxy groups -OCH3 is 1. The van der Waals surface area contributed by atoms with Gasteiger partial charge in [-0.25, -0.2) is 4.98 Å². The maximum absolute atomic E-state index is 6.18. The Morgan fingerprint density at radius 3 is 2.75 bits per heavy atom. The van der Waals surface area contributed by atoms with Crippen LogP contribution in [-0.2, 0) is 6.54 Å². The fourth-order valence-electron chi connectivity index (χ4n) is 2.81. The number of nitrogen functional groups attached to an aromatic ring is 1. The third-order valence-corrected chi connectivity index (χ3v) is 4.24. The van der Waals surface area contributed by atoms with E-state index < -0.39 is 0 Å². The summed E-state index contributed by atoms with van der Waals surface area (Å²) < 4.78 is 11.5. The third kappa shape index (κ3) is 4.20. The molecule has 0 bridgehead atoms. The zero-order chi connectivity index (χ0) is 16.9. The van der Waals surface area contributed by atoms with Gasteiger partial charge in [0.25, 0.3) is 0 Å². The number of nitrogens with zero attached hydrogens (tertiary/aromatic N) is 2. The van der Waals surface area contributed by atoms with Gasteiger partial charge in [0.05, 0.1) is 13.2 Å². The van der Waals surface area contributed by atoms with Gasteiger partial charge in [-0.2, -0.15) is 4.98 Å². The quantitative estimate of drug-likeness (QED) is 0.775. The summed E-state index contributed by atoms with van der Waals surface area (Å²) in [5, 5.41) is 3.52. The highest BCUT2D eigenvalue weighted by molar-refractivity contribution is 6.29. The van der Waals surface area contributed by atoms with Crippen molar-refractivity contribution in [3.8, 4) is 11.5 Å². The van der Waals surface area contributed by atoms with Crippen molar-refractivity contribution in [3.05, 3.63) is 35.0 Å². The number of hydrogen-bond donors (Lipinski definition) is 2. The molecular weight excluding hydrogens is 328 g/mol. The minimum atomic E-state index is 0.141. The molecule has 0 saturated heterocycles. The molecule has 24 heavy (non-hydrogen) atoms. The zero-order valence-corrected chi connectivity index (χ0v) is 14.3. The van der Waals surface area contributed by atoms with Crippen LogP contribution in [0.15, 0.2) is 24.3 Å². The molecule has 1 aliphatic rings. The monoisotopic (exact) mass is 348 g/mol. The normalized spacial score (nSPS) is 14.6. The van der Waals surface area contributed by atoms with E-state index in [0.717, 1.165) is 29.9 Å². The Morgan fingerprint density at radius 1 is 1.25 bits per heavy atom. The molecule has 2 aromatic rings. The number of rotatable bonds is 6. The lowest BCUT2D eigenvalue weighted by Gasteiger charge is -2.18. The molecule has 6 nitrogen and oxygen atoms in total. The molecule has 3 N–H and O–H groups in total. The Kier molecular flexibility index (Phi) is 5.25. The zero-order valence-electron chi connectivity index (χ0n) is 13.6. The Labute approximate surface area is 146 Å². The lowest BCUT2D eigenvalue weighted by Crippen LogP contribution is -2.13. The molecule has 1 aromatic heterocycles. The van der Waals surface area contributed by atoms with Crippen LogP contribution in [0, 0.1) is 0 Å². The fraction of sp³-hybridized carbons (Fsp3) is 0.412. The standard InChI is InChI=1S/C17H21ClN4O2/c1-23-13-7-6-11(14(8-13)24-12-4-2-3-5-12)10-20-16-9-15(18)21-17(19)22-16/h6-9,12H,2-5,10H2,1H3,(H3,19,20,21,22). The number of aromatic nitrogens is 2. The van der Waals surface area contributed by atoms with Gasteiger partial charge in [-0.05, 0) is 37.8 Å². The first-order chi connectivity index (χ1) is 11.6. The minimum absolute atomic E-state index is 0.141. The molecule has 0 spiro atoms. The number of ether oxygens (including phenoxy) is 2. The van der Waals surface area contributed by atoms with Crippen LogP contribution in [0.3, 0.4) is 0 Å². The molecule has 7 heteroatoms. The maximum atomic E-state index is 6.18. The van der Waals surface area contributed by atoms with Gasteiger partial charge in [0.15, 0.2) is 0 Å². The van der Waals surface area contributed by atoms with Crippen LogP contribution < -0.4 is 20.5 Å². The molecule has 128 valence electrons. The van der Waals surface area contributed by atoms with Gasteiger partial charge in [0, 0.05) is 24.2 Å². The van der Waals surface area contributed by atoms with Gasteiger partial charge in [0.1, 0.15) is 22.5 Å². The molecule has 0 amide bonds. The number of anilines is 2. The van der Waals surface area contributed by atoms with Crippen molar-refractivity contribution in [2.24, 2.45) is 0 Å². The summed E-state index contributed by atoms with van der Waals surface area (Å²) in [6.07, 6.45) is 4.92. The number of hydrogen-bond acceptors (Lipinski definition) is 6. The maximum Gasteiger partial charge on any atom is 0.223 e. The fourth-order valence-corrected chi connectivity index (χ4v) is 3.00. The smallest absolute Gasteiger partial charge is 0.223 e. The molecule has 3 rings (SSSR count). The van der Waals surface area contributed by atoms with Gasteiger partial charge in [0.2, 0.25) is 5.95 Å². The molecule has 1 saturated carbocycles. The third-order valence-electron chi connectivity index (χ3n) is 4.04. The Hall–Kier alpha value is -2.21. The van der Waals surface area contributed by atoms with Crippen molar-refractivity contribution in [2.45, 2.75) is 38.3 Å². The highest BCUT2D eigenvalue weighted by atomic mass is 35.5. The Balaban J connectivity index is 1.75. The van der Waals surface area contributed by atoms with E-state index in [1.54, 1.807) is 13.2 Å². The number of nitrogens with two attached hydrogens (primary N) is 1. The summed E-state index contributed by atoms with van der Waals surface area (Å²) in [4.78, 5) is 7.97. The van der Waals surface area contributed by atoms with Crippen molar-refractivity contribution in [1.82, 2.24) is 9.97 Å². The van der Waals surface area contributed by atoms with Crippen LogP contribution in [0.2, 0.25) is 5.15 Å². The highest BCUT2D eigenvalue weighted by Crippen LogP contribution is 2.30. The number of benzene rings is 1. The van der Waals surface area contributed by atoms with Crippen molar-refractivity contribution in [3.63, 3.8) is 0 Å². The Bertz CT molecular complexity index is 685. The summed E-state index contributed by atoms with van der Waals surface area (Å²) in [5.74, 6) is 2.33. The molecule has 1 aromatic carbocycles. The average molecular weight is 349 g/mol. The van der Waals surface area contributed by atoms with Crippen molar-refractivity contribution < 1.29 is 9.47 Å². The molecule has 0 aliphatic heterocycles. The molecule has 1 aliphatic carbocycles. The van der Waals surface area contributed by atoms with E-state index in [9.17, 15) is 0 Å². The van der Waals surface area contributed by atoms with Gasteiger partial charge < -0.3 is 20.5 Å². The average Bonchev–Trinajstić information content (AvgIpc) is 3.05. The lowest BCUT2D eigenvalue weighted by atomic mass is 10.1. The predicted octanol–water partition coefficient (Wildman–Crippen LogP) is 3.65. The number of nitrogens with one attached hydrogen (secondary N) is 1. The second-order valence-corrected chi connectivity index (χ2v) is 6.17. The molecule has 0 atom stereocenters. The molecule has 0 unspecified atom stereocenters. The van der Waals surface area contributed by atoms with E-state index >= 15 is 0 Å². The van der Waals surface area contributed by atoms with Gasteiger partial charge in [-0.1, -0.05) is 11.6 Å². The summed E-state index contributed by atoms with van der Waals surface area (Å²) in [7, 11) is 1.65. The summed E-state index contributed by atoms with van der Waals surface area (Å²) in [6, 6.07) is 7.47. The summed E-state index contributed by atoms with van der Waals surface area (Å²) in [6.45, 7) is 0.541. The van der Waals surface area contributed by atoms with E-state index in [1.807, 2.05) is 18.2 Å². The molecule has 0 radical (unpaired) electrons. The van der Waals surface area contributed by atoms with Crippen LogP contribution in [0.1, 0.15) is 31.2 Å².